The van der Waals surface area contributed by atoms with Gasteiger partial charge in [0.05, 0.1) is 12.2 Å². The van der Waals surface area contributed by atoms with Gasteiger partial charge in [-0.25, -0.2) is 0 Å². The molecule has 3 heteroatoms. The summed E-state index contributed by atoms with van der Waals surface area (Å²) in [5.74, 6) is 0. The van der Waals surface area contributed by atoms with Gasteiger partial charge in [0.2, 0.25) is 0 Å². The quantitative estimate of drug-likeness (QED) is 0.741. The van der Waals surface area contributed by atoms with Crippen molar-refractivity contribution >= 4 is 0 Å². The van der Waals surface area contributed by atoms with Gasteiger partial charge < -0.3 is 14.6 Å². The fourth-order valence-corrected chi connectivity index (χ4v) is 1.62. The first-order valence-electron chi connectivity index (χ1n) is 5.63. The molecule has 0 saturated carbocycles. The van der Waals surface area contributed by atoms with Crippen LogP contribution < -0.4 is 0 Å². The molecule has 3 nitrogen and oxygen atoms in total. The van der Waals surface area contributed by atoms with Gasteiger partial charge in [-0.15, -0.1) is 0 Å². The standard InChI is InChI=1S/C11H22O3/c1-9(12)6-7-10(2)14-11-5-3-4-8-13-11/h9-12H,3-8H2,1-2H3. The van der Waals surface area contributed by atoms with Crippen molar-refractivity contribution in [1.29, 1.82) is 0 Å². The molecule has 1 N–H and O–H groups in total. The van der Waals surface area contributed by atoms with Gasteiger partial charge in [0, 0.05) is 6.61 Å². The molecular weight excluding hydrogens is 180 g/mol. The summed E-state index contributed by atoms with van der Waals surface area (Å²) in [6, 6.07) is 0. The topological polar surface area (TPSA) is 38.7 Å². The number of ether oxygens (including phenoxy) is 2. The van der Waals surface area contributed by atoms with Crippen molar-refractivity contribution in [3.8, 4) is 0 Å². The lowest BCUT2D eigenvalue weighted by Crippen LogP contribution is -2.26. The van der Waals surface area contributed by atoms with E-state index >= 15 is 0 Å². The second kappa shape index (κ2) is 6.38. The number of aliphatic hydroxyl groups excluding tert-OH is 1. The Morgan fingerprint density at radius 3 is 2.71 bits per heavy atom. The molecule has 0 radical (unpaired) electrons. The lowest BCUT2D eigenvalue weighted by molar-refractivity contribution is -0.186. The highest BCUT2D eigenvalue weighted by Gasteiger charge is 2.17. The molecule has 0 amide bonds. The minimum atomic E-state index is -0.228. The maximum atomic E-state index is 9.12. The molecule has 3 atom stereocenters. The van der Waals surface area contributed by atoms with E-state index in [4.69, 9.17) is 14.6 Å². The summed E-state index contributed by atoms with van der Waals surface area (Å²) in [7, 11) is 0. The van der Waals surface area contributed by atoms with Crippen LogP contribution in [0.1, 0.15) is 46.0 Å². The van der Waals surface area contributed by atoms with Gasteiger partial charge in [0.1, 0.15) is 0 Å². The molecule has 84 valence electrons. The third kappa shape index (κ3) is 4.94. The summed E-state index contributed by atoms with van der Waals surface area (Å²) < 4.78 is 11.2. The summed E-state index contributed by atoms with van der Waals surface area (Å²) in [5.41, 5.74) is 0. The van der Waals surface area contributed by atoms with Gasteiger partial charge in [0.25, 0.3) is 0 Å². The zero-order chi connectivity index (χ0) is 10.4. The van der Waals surface area contributed by atoms with E-state index in [0.717, 1.165) is 32.3 Å². The molecule has 1 aliphatic heterocycles. The third-order valence-corrected chi connectivity index (χ3v) is 2.51. The maximum absolute atomic E-state index is 9.12. The van der Waals surface area contributed by atoms with Gasteiger partial charge in [-0.05, 0) is 46.0 Å². The van der Waals surface area contributed by atoms with Crippen molar-refractivity contribution in [3.05, 3.63) is 0 Å². The van der Waals surface area contributed by atoms with Crippen molar-refractivity contribution in [2.45, 2.75) is 64.4 Å². The molecule has 14 heavy (non-hydrogen) atoms. The fraction of sp³-hybridized carbons (Fsp3) is 1.00. The van der Waals surface area contributed by atoms with E-state index in [-0.39, 0.29) is 18.5 Å². The van der Waals surface area contributed by atoms with Gasteiger partial charge in [-0.2, -0.15) is 0 Å². The Kier molecular flexibility index (Phi) is 5.45. The highest BCUT2D eigenvalue weighted by Crippen LogP contribution is 2.17. The summed E-state index contributed by atoms with van der Waals surface area (Å²) >= 11 is 0. The Bertz CT molecular complexity index is 141. The zero-order valence-electron chi connectivity index (χ0n) is 9.24. The highest BCUT2D eigenvalue weighted by atomic mass is 16.7. The Balaban J connectivity index is 2.09. The molecule has 3 unspecified atom stereocenters. The first-order chi connectivity index (χ1) is 6.68. The van der Waals surface area contributed by atoms with E-state index in [1.165, 1.54) is 6.42 Å². The molecular formula is C11H22O3. The van der Waals surface area contributed by atoms with E-state index in [2.05, 4.69) is 0 Å². The van der Waals surface area contributed by atoms with Crippen molar-refractivity contribution in [3.63, 3.8) is 0 Å². The van der Waals surface area contributed by atoms with E-state index < -0.39 is 0 Å². The molecule has 0 aromatic heterocycles. The van der Waals surface area contributed by atoms with E-state index in [0.29, 0.717) is 0 Å². The molecule has 0 bridgehead atoms. The van der Waals surface area contributed by atoms with Crippen LogP contribution in [0, 0.1) is 0 Å². The first-order valence-corrected chi connectivity index (χ1v) is 5.63. The van der Waals surface area contributed by atoms with Crippen LogP contribution in [0.3, 0.4) is 0 Å². The normalized spacial score (nSPS) is 27.2. The van der Waals surface area contributed by atoms with E-state index in [1.807, 2.05) is 13.8 Å². The lowest BCUT2D eigenvalue weighted by atomic mass is 10.1. The Morgan fingerprint density at radius 1 is 1.36 bits per heavy atom. The molecule has 1 fully saturated rings. The van der Waals surface area contributed by atoms with E-state index in [9.17, 15) is 0 Å². The second-order valence-electron chi connectivity index (χ2n) is 4.17. The Hall–Kier alpha value is -0.120. The van der Waals surface area contributed by atoms with Gasteiger partial charge in [-0.1, -0.05) is 0 Å². The van der Waals surface area contributed by atoms with Crippen LogP contribution in [0.15, 0.2) is 0 Å². The lowest BCUT2D eigenvalue weighted by Gasteiger charge is -2.26. The average Bonchev–Trinajstić information content (AvgIpc) is 2.16. The molecule has 0 aromatic carbocycles. The molecule has 0 aliphatic carbocycles. The van der Waals surface area contributed by atoms with Gasteiger partial charge in [0.15, 0.2) is 6.29 Å². The van der Waals surface area contributed by atoms with Gasteiger partial charge >= 0.3 is 0 Å². The summed E-state index contributed by atoms with van der Waals surface area (Å²) in [6.07, 6.45) is 5.02. The first kappa shape index (κ1) is 12.0. The van der Waals surface area contributed by atoms with Crippen molar-refractivity contribution in [1.82, 2.24) is 0 Å². The van der Waals surface area contributed by atoms with Gasteiger partial charge in [-0.3, -0.25) is 0 Å². The SMILES string of the molecule is CC(O)CCC(C)OC1CCCCO1. The monoisotopic (exact) mass is 202 g/mol. The van der Waals surface area contributed by atoms with Crippen molar-refractivity contribution in [2.75, 3.05) is 6.61 Å². The number of hydrogen-bond donors (Lipinski definition) is 1. The minimum absolute atomic E-state index is 0.00671. The number of hydrogen-bond acceptors (Lipinski definition) is 3. The average molecular weight is 202 g/mol. The van der Waals surface area contributed by atoms with Crippen LogP contribution in [-0.4, -0.2) is 30.2 Å². The Morgan fingerprint density at radius 2 is 2.14 bits per heavy atom. The maximum Gasteiger partial charge on any atom is 0.157 e. The second-order valence-corrected chi connectivity index (χ2v) is 4.17. The van der Waals surface area contributed by atoms with Crippen LogP contribution in [0.25, 0.3) is 0 Å². The predicted molar refractivity (Wildman–Crippen MR) is 55.1 cm³/mol. The molecule has 0 aromatic rings. The molecule has 1 aliphatic rings. The van der Waals surface area contributed by atoms with Crippen LogP contribution in [0.5, 0.6) is 0 Å². The molecule has 1 saturated heterocycles. The molecule has 0 spiro atoms. The number of rotatable bonds is 5. The fourth-order valence-electron chi connectivity index (χ4n) is 1.62. The van der Waals surface area contributed by atoms with Crippen molar-refractivity contribution in [2.24, 2.45) is 0 Å². The van der Waals surface area contributed by atoms with Crippen molar-refractivity contribution < 1.29 is 14.6 Å². The zero-order valence-corrected chi connectivity index (χ0v) is 9.24. The van der Waals surface area contributed by atoms with Crippen LogP contribution in [-0.2, 0) is 9.47 Å². The third-order valence-electron chi connectivity index (χ3n) is 2.51. The summed E-state index contributed by atoms with van der Waals surface area (Å²) in [5, 5.41) is 9.12. The smallest absolute Gasteiger partial charge is 0.157 e. The van der Waals surface area contributed by atoms with Crippen LogP contribution in [0.2, 0.25) is 0 Å². The molecule has 1 heterocycles. The number of aliphatic hydroxyl groups is 1. The minimum Gasteiger partial charge on any atom is -0.393 e. The van der Waals surface area contributed by atoms with Crippen LogP contribution in [0.4, 0.5) is 0 Å². The largest absolute Gasteiger partial charge is 0.393 e. The highest BCUT2D eigenvalue weighted by molar-refractivity contribution is 4.59. The Labute approximate surface area is 86.4 Å². The van der Waals surface area contributed by atoms with E-state index in [1.54, 1.807) is 0 Å². The van der Waals surface area contributed by atoms with Crippen LogP contribution >= 0.6 is 0 Å². The predicted octanol–water partition coefficient (Wildman–Crippen LogP) is 2.08. The summed E-state index contributed by atoms with van der Waals surface area (Å²) in [4.78, 5) is 0. The summed E-state index contributed by atoms with van der Waals surface area (Å²) in [6.45, 7) is 4.68. The molecule has 1 rings (SSSR count).